The fourth-order valence-electron chi connectivity index (χ4n) is 3.90. The molecule has 3 atom stereocenters. The number of carbonyl (C=O) groups excluding carboxylic acids is 1. The van der Waals surface area contributed by atoms with E-state index in [1.165, 1.54) is 6.07 Å². The summed E-state index contributed by atoms with van der Waals surface area (Å²) in [4.78, 5) is 17.3. The fraction of sp³-hybridized carbons (Fsp3) is 0.632. The van der Waals surface area contributed by atoms with Crippen LogP contribution in [0.15, 0.2) is 24.3 Å². The molecule has 2 aliphatic rings. The first-order chi connectivity index (χ1) is 11.5. The van der Waals surface area contributed by atoms with Crippen LogP contribution in [0.5, 0.6) is 0 Å². The molecular formula is C19H28FN3O. The molecule has 2 fully saturated rings. The van der Waals surface area contributed by atoms with Crippen molar-refractivity contribution in [2.75, 3.05) is 26.2 Å². The van der Waals surface area contributed by atoms with Crippen LogP contribution in [-0.4, -0.2) is 54.0 Å². The summed E-state index contributed by atoms with van der Waals surface area (Å²) in [7, 11) is 0. The van der Waals surface area contributed by atoms with Gasteiger partial charge in [-0.3, -0.25) is 9.69 Å². The molecule has 0 aliphatic carbocycles. The number of benzene rings is 1. The zero-order valence-electron chi connectivity index (χ0n) is 14.7. The van der Waals surface area contributed by atoms with E-state index in [4.69, 9.17) is 0 Å². The lowest BCUT2D eigenvalue weighted by molar-refractivity contribution is -0.141. The highest BCUT2D eigenvalue weighted by Gasteiger charge is 2.34. The molecule has 1 aromatic rings. The van der Waals surface area contributed by atoms with Crippen molar-refractivity contribution in [3.63, 3.8) is 0 Å². The van der Waals surface area contributed by atoms with Gasteiger partial charge in [0, 0.05) is 38.3 Å². The van der Waals surface area contributed by atoms with Crippen LogP contribution in [0.25, 0.3) is 0 Å². The van der Waals surface area contributed by atoms with Gasteiger partial charge in [-0.1, -0.05) is 12.1 Å². The van der Waals surface area contributed by atoms with E-state index in [0.29, 0.717) is 11.9 Å². The molecule has 1 aromatic carbocycles. The van der Waals surface area contributed by atoms with Gasteiger partial charge in [0.25, 0.3) is 0 Å². The summed E-state index contributed by atoms with van der Waals surface area (Å²) >= 11 is 0. The molecule has 2 saturated heterocycles. The van der Waals surface area contributed by atoms with E-state index in [1.54, 1.807) is 12.1 Å². The van der Waals surface area contributed by atoms with E-state index < -0.39 is 0 Å². The molecule has 3 unspecified atom stereocenters. The zero-order valence-corrected chi connectivity index (χ0v) is 14.7. The van der Waals surface area contributed by atoms with Crippen molar-refractivity contribution in [3.8, 4) is 0 Å². The van der Waals surface area contributed by atoms with Gasteiger partial charge in [-0.05, 0) is 50.9 Å². The van der Waals surface area contributed by atoms with E-state index in [2.05, 4.69) is 29.0 Å². The summed E-state index contributed by atoms with van der Waals surface area (Å²) in [6.45, 7) is 8.41. The van der Waals surface area contributed by atoms with Crippen LogP contribution >= 0.6 is 0 Å². The van der Waals surface area contributed by atoms with E-state index in [0.717, 1.165) is 51.1 Å². The molecule has 1 N–H and O–H groups in total. The number of piperidine rings is 1. The Morgan fingerprint density at radius 2 is 2.17 bits per heavy atom. The summed E-state index contributed by atoms with van der Waals surface area (Å²) in [6.07, 6.45) is 1.99. The van der Waals surface area contributed by atoms with Crippen LogP contribution in [0.1, 0.15) is 32.3 Å². The minimum atomic E-state index is -0.194. The molecule has 132 valence electrons. The van der Waals surface area contributed by atoms with Crippen molar-refractivity contribution in [1.29, 1.82) is 0 Å². The number of nitrogens with zero attached hydrogens (tertiary/aromatic N) is 2. The molecular weight excluding hydrogens is 305 g/mol. The first-order valence-corrected chi connectivity index (χ1v) is 9.05. The molecule has 0 radical (unpaired) electrons. The van der Waals surface area contributed by atoms with Gasteiger partial charge >= 0.3 is 0 Å². The largest absolute Gasteiger partial charge is 0.337 e. The maximum absolute atomic E-state index is 13.4. The highest BCUT2D eigenvalue weighted by molar-refractivity contribution is 5.79. The zero-order chi connectivity index (χ0) is 17.1. The number of hydrogen-bond donors (Lipinski definition) is 1. The summed E-state index contributed by atoms with van der Waals surface area (Å²) in [6, 6.07) is 7.35. The Kier molecular flexibility index (Phi) is 5.51. The quantitative estimate of drug-likeness (QED) is 0.921. The van der Waals surface area contributed by atoms with Gasteiger partial charge in [0.1, 0.15) is 5.82 Å². The van der Waals surface area contributed by atoms with Gasteiger partial charge < -0.3 is 10.2 Å². The smallest absolute Gasteiger partial charge is 0.227 e. The molecule has 0 bridgehead atoms. The van der Waals surface area contributed by atoms with Crippen molar-refractivity contribution in [2.45, 2.75) is 45.3 Å². The molecule has 5 heteroatoms. The second kappa shape index (κ2) is 7.62. The summed E-state index contributed by atoms with van der Waals surface area (Å²) < 4.78 is 13.4. The third-order valence-corrected chi connectivity index (χ3v) is 5.47. The minimum Gasteiger partial charge on any atom is -0.337 e. The number of amides is 1. The van der Waals surface area contributed by atoms with Gasteiger partial charge in [0.05, 0.1) is 5.92 Å². The maximum Gasteiger partial charge on any atom is 0.227 e. The Morgan fingerprint density at radius 3 is 2.96 bits per heavy atom. The van der Waals surface area contributed by atoms with Gasteiger partial charge in [0.2, 0.25) is 5.91 Å². The lowest BCUT2D eigenvalue weighted by Gasteiger charge is -2.42. The summed E-state index contributed by atoms with van der Waals surface area (Å²) in [5, 5.41) is 3.43. The van der Waals surface area contributed by atoms with E-state index in [1.807, 2.05) is 6.07 Å². The van der Waals surface area contributed by atoms with Crippen LogP contribution in [0, 0.1) is 11.7 Å². The summed E-state index contributed by atoms with van der Waals surface area (Å²) in [5.41, 5.74) is 0.979. The molecule has 0 aromatic heterocycles. The second-order valence-corrected chi connectivity index (χ2v) is 7.22. The van der Waals surface area contributed by atoms with Crippen LogP contribution in [0.3, 0.4) is 0 Å². The number of likely N-dealkylation sites (tertiary alicyclic amines) is 1. The molecule has 2 aliphatic heterocycles. The predicted octanol–water partition coefficient (Wildman–Crippen LogP) is 2.25. The highest BCUT2D eigenvalue weighted by atomic mass is 19.1. The van der Waals surface area contributed by atoms with E-state index in [9.17, 15) is 9.18 Å². The third kappa shape index (κ3) is 3.95. The Bertz CT molecular complexity index is 579. The number of halogens is 1. The average molecular weight is 333 g/mol. The van der Waals surface area contributed by atoms with Crippen LogP contribution in [-0.2, 0) is 11.3 Å². The van der Waals surface area contributed by atoms with Crippen LogP contribution < -0.4 is 5.32 Å². The number of piperazine rings is 1. The standard InChI is InChI=1S/C19H28FN3O/c1-14-15(2)23(10-8-21-14)19(24)17-6-4-9-22(13-17)12-16-5-3-7-18(20)11-16/h3,5,7,11,14-15,17,21H,4,6,8-10,12-13H2,1-2H3. The Labute approximate surface area is 144 Å². The van der Waals surface area contributed by atoms with E-state index in [-0.39, 0.29) is 17.8 Å². The van der Waals surface area contributed by atoms with Crippen molar-refractivity contribution in [1.82, 2.24) is 15.1 Å². The van der Waals surface area contributed by atoms with Gasteiger partial charge in [-0.15, -0.1) is 0 Å². The Balaban J connectivity index is 1.61. The molecule has 3 rings (SSSR count). The normalized spacial score (nSPS) is 28.8. The molecule has 2 heterocycles. The summed E-state index contributed by atoms with van der Waals surface area (Å²) in [5.74, 6) is 0.167. The van der Waals surface area contributed by atoms with Gasteiger partial charge in [-0.2, -0.15) is 0 Å². The van der Waals surface area contributed by atoms with Crippen LogP contribution in [0.4, 0.5) is 4.39 Å². The van der Waals surface area contributed by atoms with E-state index >= 15 is 0 Å². The van der Waals surface area contributed by atoms with Crippen LogP contribution in [0.2, 0.25) is 0 Å². The first-order valence-electron chi connectivity index (χ1n) is 9.05. The van der Waals surface area contributed by atoms with Gasteiger partial charge in [-0.25, -0.2) is 4.39 Å². The lowest BCUT2D eigenvalue weighted by atomic mass is 9.94. The molecule has 4 nitrogen and oxygen atoms in total. The maximum atomic E-state index is 13.4. The monoisotopic (exact) mass is 333 g/mol. The molecule has 0 spiro atoms. The molecule has 24 heavy (non-hydrogen) atoms. The van der Waals surface area contributed by atoms with Gasteiger partial charge in [0.15, 0.2) is 0 Å². The lowest BCUT2D eigenvalue weighted by Crippen LogP contribution is -2.59. The molecule has 0 saturated carbocycles. The highest BCUT2D eigenvalue weighted by Crippen LogP contribution is 2.23. The fourth-order valence-corrected chi connectivity index (χ4v) is 3.90. The topological polar surface area (TPSA) is 35.6 Å². The third-order valence-electron chi connectivity index (χ3n) is 5.47. The van der Waals surface area contributed by atoms with Crippen molar-refractivity contribution >= 4 is 5.91 Å². The predicted molar refractivity (Wildman–Crippen MR) is 93.0 cm³/mol. The number of carbonyl (C=O) groups is 1. The number of hydrogen-bond acceptors (Lipinski definition) is 3. The Hall–Kier alpha value is -1.46. The minimum absolute atomic E-state index is 0.0695. The molecule has 1 amide bonds. The van der Waals surface area contributed by atoms with Crippen molar-refractivity contribution < 1.29 is 9.18 Å². The number of nitrogens with one attached hydrogen (secondary N) is 1. The first kappa shape index (κ1) is 17.4. The van der Waals surface area contributed by atoms with Crippen molar-refractivity contribution in [3.05, 3.63) is 35.6 Å². The van der Waals surface area contributed by atoms with Crippen molar-refractivity contribution in [2.24, 2.45) is 5.92 Å². The second-order valence-electron chi connectivity index (χ2n) is 7.22. The number of rotatable bonds is 3. The SMILES string of the molecule is CC1NCCN(C(=O)C2CCCN(Cc3cccc(F)c3)C2)C1C. The average Bonchev–Trinajstić information content (AvgIpc) is 2.57. The Morgan fingerprint density at radius 1 is 1.33 bits per heavy atom.